The Kier molecular flexibility index (Phi) is 5.59. The Bertz CT molecular complexity index is 550. The van der Waals surface area contributed by atoms with E-state index in [1.54, 1.807) is 29.3 Å². The van der Waals surface area contributed by atoms with Gasteiger partial charge in [-0.25, -0.2) is 4.98 Å². The summed E-state index contributed by atoms with van der Waals surface area (Å²) in [6.07, 6.45) is 3.53. The van der Waals surface area contributed by atoms with Gasteiger partial charge in [0.25, 0.3) is 5.91 Å². The van der Waals surface area contributed by atoms with E-state index in [0.717, 1.165) is 9.88 Å². The van der Waals surface area contributed by atoms with Crippen LogP contribution >= 0.6 is 34.4 Å². The summed E-state index contributed by atoms with van der Waals surface area (Å²) in [5.41, 5.74) is 0. The first kappa shape index (κ1) is 15.5. The van der Waals surface area contributed by atoms with E-state index >= 15 is 0 Å². The van der Waals surface area contributed by atoms with Crippen molar-refractivity contribution in [1.29, 1.82) is 0 Å². The lowest BCUT2D eigenvalue weighted by Crippen LogP contribution is -2.40. The molecule has 2 N–H and O–H groups in total. The number of nitrogens with zero attached hydrogens (tertiary/aromatic N) is 1. The molecule has 0 aromatic carbocycles. The maximum absolute atomic E-state index is 12.1. The first-order valence-electron chi connectivity index (χ1n) is 6.10. The molecule has 2 aromatic rings. The minimum Gasteiger partial charge on any atom is -0.395 e. The van der Waals surface area contributed by atoms with Crippen molar-refractivity contribution in [3.63, 3.8) is 0 Å². The molecule has 2 unspecified atom stereocenters. The highest BCUT2D eigenvalue weighted by Gasteiger charge is 2.19. The molecule has 0 fully saturated rings. The van der Waals surface area contributed by atoms with Crippen LogP contribution in [0.3, 0.4) is 0 Å². The number of hydrogen-bond acceptors (Lipinski definition) is 6. The Morgan fingerprint density at radius 1 is 1.60 bits per heavy atom. The summed E-state index contributed by atoms with van der Waals surface area (Å²) in [5.74, 6) is -0.134. The number of nitrogens with one attached hydrogen (secondary N) is 1. The van der Waals surface area contributed by atoms with Crippen molar-refractivity contribution in [2.45, 2.75) is 18.2 Å². The van der Waals surface area contributed by atoms with Crippen LogP contribution in [0.1, 0.15) is 16.6 Å². The number of amides is 1. The van der Waals surface area contributed by atoms with E-state index in [2.05, 4.69) is 10.3 Å². The van der Waals surface area contributed by atoms with Crippen LogP contribution in [-0.4, -0.2) is 40.2 Å². The summed E-state index contributed by atoms with van der Waals surface area (Å²) in [6.45, 7) is 1.95. The minimum absolute atomic E-state index is 0.00337. The summed E-state index contributed by atoms with van der Waals surface area (Å²) in [4.78, 5) is 18.1. The number of aromatic nitrogens is 1. The van der Waals surface area contributed by atoms with E-state index in [0.29, 0.717) is 4.88 Å². The molecule has 0 aliphatic carbocycles. The summed E-state index contributed by atoms with van der Waals surface area (Å²) in [7, 11) is 0. The monoisotopic (exact) mass is 328 g/mol. The van der Waals surface area contributed by atoms with Crippen LogP contribution in [0.5, 0.6) is 0 Å². The highest BCUT2D eigenvalue weighted by molar-refractivity contribution is 7.99. The van der Waals surface area contributed by atoms with E-state index in [1.165, 1.54) is 11.3 Å². The molecule has 108 valence electrons. The van der Waals surface area contributed by atoms with Crippen LogP contribution in [0, 0.1) is 0 Å². The minimum atomic E-state index is -0.134. The fourth-order valence-electron chi connectivity index (χ4n) is 1.70. The van der Waals surface area contributed by atoms with Crippen molar-refractivity contribution in [2.75, 3.05) is 12.9 Å². The number of aliphatic hydroxyl groups is 1. The molecule has 0 aliphatic heterocycles. The second kappa shape index (κ2) is 7.21. The Hall–Kier alpha value is -0.890. The zero-order valence-corrected chi connectivity index (χ0v) is 13.6. The third-order valence-electron chi connectivity index (χ3n) is 2.86. The number of thioether (sulfide) groups is 1. The maximum atomic E-state index is 12.1. The third-order valence-corrected chi connectivity index (χ3v) is 6.06. The first-order chi connectivity index (χ1) is 9.65. The number of thiophene rings is 1. The summed E-state index contributed by atoms with van der Waals surface area (Å²) in [5, 5.41) is 15.0. The van der Waals surface area contributed by atoms with Crippen LogP contribution in [-0.2, 0) is 0 Å². The molecule has 7 heteroatoms. The van der Waals surface area contributed by atoms with Crippen LogP contribution in [0.2, 0.25) is 0 Å². The largest absolute Gasteiger partial charge is 0.395 e. The molecule has 2 heterocycles. The van der Waals surface area contributed by atoms with Gasteiger partial charge in [0.05, 0.1) is 17.7 Å². The Balaban J connectivity index is 2.03. The molecule has 4 nitrogen and oxygen atoms in total. The van der Waals surface area contributed by atoms with E-state index in [-0.39, 0.29) is 23.8 Å². The highest BCUT2D eigenvalue weighted by atomic mass is 32.2. The fraction of sp³-hybridized carbons (Fsp3) is 0.385. The van der Waals surface area contributed by atoms with Gasteiger partial charge in [-0.3, -0.25) is 4.79 Å². The van der Waals surface area contributed by atoms with Crippen LogP contribution in [0.4, 0.5) is 0 Å². The van der Waals surface area contributed by atoms with E-state index in [4.69, 9.17) is 0 Å². The second-order valence-electron chi connectivity index (χ2n) is 4.23. The lowest BCUT2D eigenvalue weighted by molar-refractivity contribution is 0.0940. The van der Waals surface area contributed by atoms with Gasteiger partial charge in [0.1, 0.15) is 9.88 Å². The lowest BCUT2D eigenvalue weighted by atomic mass is 10.2. The number of thiazole rings is 1. The van der Waals surface area contributed by atoms with Crippen LogP contribution in [0.25, 0.3) is 9.88 Å². The molecule has 0 saturated carbocycles. The standard InChI is InChI=1S/C13H16N2O2S3/c1-8(11(7-16)18-2)15-12(17)10-6-14-13(20-10)9-4-3-5-19-9/h3-6,8,11,16H,7H2,1-2H3,(H,15,17). The SMILES string of the molecule is CSC(CO)C(C)NC(=O)c1cnc(-c2cccs2)s1. The lowest BCUT2D eigenvalue weighted by Gasteiger charge is -2.20. The Morgan fingerprint density at radius 2 is 2.40 bits per heavy atom. The van der Waals surface area contributed by atoms with Crippen molar-refractivity contribution in [1.82, 2.24) is 10.3 Å². The smallest absolute Gasteiger partial charge is 0.263 e. The molecule has 0 aliphatic rings. The van der Waals surface area contributed by atoms with E-state index in [1.807, 2.05) is 30.7 Å². The molecule has 2 atom stereocenters. The van der Waals surface area contributed by atoms with Gasteiger partial charge in [0.2, 0.25) is 0 Å². The Labute approximate surface area is 130 Å². The van der Waals surface area contributed by atoms with E-state index in [9.17, 15) is 9.90 Å². The molecule has 1 amide bonds. The maximum Gasteiger partial charge on any atom is 0.263 e. The summed E-state index contributed by atoms with van der Waals surface area (Å²) >= 11 is 4.54. The Morgan fingerprint density at radius 3 is 3.00 bits per heavy atom. The van der Waals surface area contributed by atoms with Crippen molar-refractivity contribution in [3.8, 4) is 9.88 Å². The molecular formula is C13H16N2O2S3. The molecule has 2 rings (SSSR count). The molecule has 2 aromatic heterocycles. The molecule has 0 spiro atoms. The first-order valence-corrected chi connectivity index (χ1v) is 9.08. The van der Waals surface area contributed by atoms with Gasteiger partial charge in [0.15, 0.2) is 0 Å². The average molecular weight is 328 g/mol. The number of hydrogen-bond donors (Lipinski definition) is 2. The van der Waals surface area contributed by atoms with Gasteiger partial charge in [-0.05, 0) is 24.6 Å². The third kappa shape index (κ3) is 3.60. The normalized spacial score (nSPS) is 13.9. The van der Waals surface area contributed by atoms with Crippen molar-refractivity contribution >= 4 is 40.3 Å². The quantitative estimate of drug-likeness (QED) is 0.856. The number of aliphatic hydroxyl groups excluding tert-OH is 1. The van der Waals surface area contributed by atoms with Gasteiger partial charge >= 0.3 is 0 Å². The van der Waals surface area contributed by atoms with Gasteiger partial charge in [0, 0.05) is 11.3 Å². The zero-order chi connectivity index (χ0) is 14.5. The van der Waals surface area contributed by atoms with Crippen LogP contribution < -0.4 is 5.32 Å². The number of rotatable bonds is 6. The average Bonchev–Trinajstić information content (AvgIpc) is 3.11. The van der Waals surface area contributed by atoms with Gasteiger partial charge in [-0.1, -0.05) is 6.07 Å². The molecule has 0 saturated heterocycles. The van der Waals surface area contributed by atoms with Crippen molar-refractivity contribution < 1.29 is 9.90 Å². The molecular weight excluding hydrogens is 312 g/mol. The van der Waals surface area contributed by atoms with Crippen molar-refractivity contribution in [3.05, 3.63) is 28.6 Å². The fourth-order valence-corrected chi connectivity index (χ4v) is 3.95. The summed E-state index contributed by atoms with van der Waals surface area (Å²) in [6, 6.07) is 3.87. The van der Waals surface area contributed by atoms with E-state index < -0.39 is 0 Å². The second-order valence-corrected chi connectivity index (χ2v) is 7.28. The van der Waals surface area contributed by atoms with Gasteiger partial charge in [-0.15, -0.1) is 22.7 Å². The number of carbonyl (C=O) groups is 1. The molecule has 20 heavy (non-hydrogen) atoms. The molecule has 0 radical (unpaired) electrons. The topological polar surface area (TPSA) is 62.2 Å². The highest BCUT2D eigenvalue weighted by Crippen LogP contribution is 2.28. The van der Waals surface area contributed by atoms with Gasteiger partial charge < -0.3 is 10.4 Å². The molecule has 0 bridgehead atoms. The van der Waals surface area contributed by atoms with Gasteiger partial charge in [-0.2, -0.15) is 11.8 Å². The predicted octanol–water partition coefficient (Wildman–Crippen LogP) is 2.71. The number of carbonyl (C=O) groups excluding carboxylic acids is 1. The zero-order valence-electron chi connectivity index (χ0n) is 11.2. The van der Waals surface area contributed by atoms with Crippen LogP contribution in [0.15, 0.2) is 23.7 Å². The predicted molar refractivity (Wildman–Crippen MR) is 86.7 cm³/mol. The van der Waals surface area contributed by atoms with Crippen molar-refractivity contribution in [2.24, 2.45) is 0 Å². The summed E-state index contributed by atoms with van der Waals surface area (Å²) < 4.78 is 0.